The van der Waals surface area contributed by atoms with Gasteiger partial charge in [0.1, 0.15) is 0 Å². The molecule has 0 saturated heterocycles. The molecule has 17 heavy (non-hydrogen) atoms. The maximum absolute atomic E-state index is 11.6. The first kappa shape index (κ1) is 13.6. The Kier molecular flexibility index (Phi) is 5.09. The summed E-state index contributed by atoms with van der Waals surface area (Å²) in [5.74, 6) is -0.964. The van der Waals surface area contributed by atoms with Gasteiger partial charge < -0.3 is 10.4 Å². The molecular formula is C11H16N2O3S. The monoisotopic (exact) mass is 256 g/mol. The summed E-state index contributed by atoms with van der Waals surface area (Å²) in [4.78, 5) is 26.1. The van der Waals surface area contributed by atoms with Crippen LogP contribution in [0.15, 0.2) is 5.38 Å². The number of carbonyl (C=O) groups excluding carboxylic acids is 1. The Balaban J connectivity index is 2.31. The number of carboxylic acid groups (broad SMARTS) is 1. The Morgan fingerprint density at radius 2 is 2.29 bits per heavy atom. The van der Waals surface area contributed by atoms with Gasteiger partial charge in [-0.05, 0) is 20.3 Å². The molecule has 0 aromatic carbocycles. The molecule has 1 rings (SSSR count). The smallest absolute Gasteiger partial charge is 0.303 e. The zero-order chi connectivity index (χ0) is 12.8. The van der Waals surface area contributed by atoms with E-state index in [4.69, 9.17) is 5.11 Å². The van der Waals surface area contributed by atoms with E-state index in [0.29, 0.717) is 6.42 Å². The summed E-state index contributed by atoms with van der Waals surface area (Å²) in [5.41, 5.74) is 0.760. The average molecular weight is 256 g/mol. The maximum Gasteiger partial charge on any atom is 0.303 e. The van der Waals surface area contributed by atoms with Crippen molar-refractivity contribution in [3.8, 4) is 0 Å². The molecule has 0 saturated carbocycles. The SMILES string of the molecule is Cc1nc(CC(=O)NC(C)CCC(=O)O)cs1. The van der Waals surface area contributed by atoms with E-state index in [1.807, 2.05) is 12.3 Å². The number of rotatable bonds is 6. The Labute approximate surface area is 104 Å². The molecule has 94 valence electrons. The van der Waals surface area contributed by atoms with Crippen LogP contribution in [0, 0.1) is 6.92 Å². The lowest BCUT2D eigenvalue weighted by molar-refractivity contribution is -0.137. The average Bonchev–Trinajstić information content (AvgIpc) is 2.60. The van der Waals surface area contributed by atoms with Crippen LogP contribution >= 0.6 is 11.3 Å². The van der Waals surface area contributed by atoms with Crippen molar-refractivity contribution < 1.29 is 14.7 Å². The highest BCUT2D eigenvalue weighted by molar-refractivity contribution is 7.09. The molecule has 5 nitrogen and oxygen atoms in total. The van der Waals surface area contributed by atoms with Gasteiger partial charge in [-0.2, -0.15) is 0 Å². The second-order valence-corrected chi connectivity index (χ2v) is 5.00. The first-order valence-electron chi connectivity index (χ1n) is 5.39. The summed E-state index contributed by atoms with van der Waals surface area (Å²) in [7, 11) is 0. The van der Waals surface area contributed by atoms with Crippen LogP contribution in [0.5, 0.6) is 0 Å². The molecule has 0 fully saturated rings. The predicted molar refractivity (Wildman–Crippen MR) is 65.0 cm³/mol. The molecule has 0 bridgehead atoms. The lowest BCUT2D eigenvalue weighted by Crippen LogP contribution is -2.34. The van der Waals surface area contributed by atoms with E-state index < -0.39 is 5.97 Å². The van der Waals surface area contributed by atoms with Crippen molar-refractivity contribution in [2.24, 2.45) is 0 Å². The van der Waals surface area contributed by atoms with Crippen molar-refractivity contribution in [1.82, 2.24) is 10.3 Å². The van der Waals surface area contributed by atoms with Crippen molar-refractivity contribution >= 4 is 23.2 Å². The molecule has 0 aliphatic carbocycles. The van der Waals surface area contributed by atoms with Crippen LogP contribution in [-0.2, 0) is 16.0 Å². The summed E-state index contributed by atoms with van der Waals surface area (Å²) < 4.78 is 0. The first-order valence-corrected chi connectivity index (χ1v) is 6.27. The Bertz CT molecular complexity index is 403. The van der Waals surface area contributed by atoms with E-state index in [0.717, 1.165) is 10.7 Å². The summed E-state index contributed by atoms with van der Waals surface area (Å²) in [6.45, 7) is 3.69. The minimum atomic E-state index is -0.846. The van der Waals surface area contributed by atoms with E-state index in [1.165, 1.54) is 11.3 Å². The predicted octanol–water partition coefficient (Wildman–Crippen LogP) is 1.36. The zero-order valence-electron chi connectivity index (χ0n) is 9.90. The van der Waals surface area contributed by atoms with Gasteiger partial charge in [0.25, 0.3) is 0 Å². The van der Waals surface area contributed by atoms with Crippen LogP contribution in [0.4, 0.5) is 0 Å². The third-order valence-electron chi connectivity index (χ3n) is 2.21. The summed E-state index contributed by atoms with van der Waals surface area (Å²) in [5, 5.41) is 14.1. The number of nitrogens with one attached hydrogen (secondary N) is 1. The molecule has 0 aliphatic rings. The molecular weight excluding hydrogens is 240 g/mol. The van der Waals surface area contributed by atoms with Crippen LogP contribution in [0.25, 0.3) is 0 Å². The highest BCUT2D eigenvalue weighted by Gasteiger charge is 2.11. The molecule has 1 aromatic rings. The molecule has 0 radical (unpaired) electrons. The largest absolute Gasteiger partial charge is 0.481 e. The van der Waals surface area contributed by atoms with E-state index >= 15 is 0 Å². The minimum absolute atomic E-state index is 0.0667. The number of nitrogens with zero attached hydrogens (tertiary/aromatic N) is 1. The molecule has 1 atom stereocenters. The lowest BCUT2D eigenvalue weighted by Gasteiger charge is -2.11. The molecule has 1 heterocycles. The van der Waals surface area contributed by atoms with Gasteiger partial charge in [0, 0.05) is 17.8 Å². The Hall–Kier alpha value is -1.43. The van der Waals surface area contributed by atoms with Gasteiger partial charge in [0.2, 0.25) is 5.91 Å². The van der Waals surface area contributed by atoms with Crippen molar-refractivity contribution in [3.63, 3.8) is 0 Å². The quantitative estimate of drug-likeness (QED) is 0.805. The minimum Gasteiger partial charge on any atom is -0.481 e. The number of aromatic nitrogens is 1. The fourth-order valence-electron chi connectivity index (χ4n) is 1.39. The first-order chi connectivity index (χ1) is 7.97. The normalized spacial score (nSPS) is 12.1. The summed E-state index contributed by atoms with van der Waals surface area (Å²) in [6, 6.07) is -0.127. The topological polar surface area (TPSA) is 79.3 Å². The highest BCUT2D eigenvalue weighted by Crippen LogP contribution is 2.08. The Morgan fingerprint density at radius 3 is 2.82 bits per heavy atom. The zero-order valence-corrected chi connectivity index (χ0v) is 10.7. The number of aliphatic carboxylic acids is 1. The lowest BCUT2D eigenvalue weighted by atomic mass is 10.2. The number of thiazole rings is 1. The van der Waals surface area contributed by atoms with Gasteiger partial charge >= 0.3 is 5.97 Å². The van der Waals surface area contributed by atoms with E-state index in [1.54, 1.807) is 6.92 Å². The molecule has 1 unspecified atom stereocenters. The van der Waals surface area contributed by atoms with E-state index in [-0.39, 0.29) is 24.8 Å². The van der Waals surface area contributed by atoms with Crippen molar-refractivity contribution in [2.75, 3.05) is 0 Å². The number of aryl methyl sites for hydroxylation is 1. The van der Waals surface area contributed by atoms with E-state index in [2.05, 4.69) is 10.3 Å². The van der Waals surface area contributed by atoms with Gasteiger partial charge in [-0.15, -0.1) is 11.3 Å². The van der Waals surface area contributed by atoms with Gasteiger partial charge in [-0.3, -0.25) is 9.59 Å². The van der Waals surface area contributed by atoms with Crippen molar-refractivity contribution in [2.45, 2.75) is 39.2 Å². The van der Waals surface area contributed by atoms with Gasteiger partial charge in [-0.1, -0.05) is 0 Å². The number of hydrogen-bond acceptors (Lipinski definition) is 4. The van der Waals surface area contributed by atoms with Crippen molar-refractivity contribution in [3.05, 3.63) is 16.1 Å². The highest BCUT2D eigenvalue weighted by atomic mass is 32.1. The fourth-order valence-corrected chi connectivity index (χ4v) is 2.00. The molecule has 0 spiro atoms. The second kappa shape index (κ2) is 6.34. The Morgan fingerprint density at radius 1 is 1.59 bits per heavy atom. The van der Waals surface area contributed by atoms with Crippen LogP contribution in [0.3, 0.4) is 0 Å². The standard InChI is InChI=1S/C11H16N2O3S/c1-7(3-4-11(15)16)12-10(14)5-9-6-17-8(2)13-9/h6-7H,3-5H2,1-2H3,(H,12,14)(H,15,16). The molecule has 1 aromatic heterocycles. The third-order valence-corrected chi connectivity index (χ3v) is 3.03. The van der Waals surface area contributed by atoms with Gasteiger partial charge in [-0.25, -0.2) is 4.98 Å². The number of carbonyl (C=O) groups is 2. The molecule has 2 N–H and O–H groups in total. The van der Waals surface area contributed by atoms with E-state index in [9.17, 15) is 9.59 Å². The van der Waals surface area contributed by atoms with Crippen LogP contribution in [0.1, 0.15) is 30.5 Å². The van der Waals surface area contributed by atoms with Crippen LogP contribution in [-0.4, -0.2) is 28.0 Å². The maximum atomic E-state index is 11.6. The molecule has 0 aliphatic heterocycles. The number of hydrogen-bond donors (Lipinski definition) is 2. The third kappa shape index (κ3) is 5.44. The fraction of sp³-hybridized carbons (Fsp3) is 0.545. The molecule has 1 amide bonds. The van der Waals surface area contributed by atoms with Gasteiger partial charge in [0.05, 0.1) is 17.1 Å². The summed E-state index contributed by atoms with van der Waals surface area (Å²) in [6.07, 6.45) is 0.760. The summed E-state index contributed by atoms with van der Waals surface area (Å²) >= 11 is 1.51. The van der Waals surface area contributed by atoms with Crippen LogP contribution in [0.2, 0.25) is 0 Å². The molecule has 6 heteroatoms. The number of amides is 1. The van der Waals surface area contributed by atoms with Crippen molar-refractivity contribution in [1.29, 1.82) is 0 Å². The van der Waals surface area contributed by atoms with Gasteiger partial charge in [0.15, 0.2) is 0 Å². The van der Waals surface area contributed by atoms with Crippen LogP contribution < -0.4 is 5.32 Å². The number of carboxylic acids is 1. The second-order valence-electron chi connectivity index (χ2n) is 3.94.